The fourth-order valence-corrected chi connectivity index (χ4v) is 3.11. The molecule has 0 aliphatic carbocycles. The molecule has 144 valence electrons. The maximum atomic E-state index is 13.9. The smallest absolute Gasteiger partial charge is 0.212 e. The summed E-state index contributed by atoms with van der Waals surface area (Å²) in [7, 11) is 1.87. The molecular formula is C18H24Cl2FN3O2. The quantitative estimate of drug-likeness (QED) is 0.759. The van der Waals surface area contributed by atoms with Crippen LogP contribution in [0.5, 0.6) is 5.88 Å². The van der Waals surface area contributed by atoms with Crippen LogP contribution in [0.1, 0.15) is 30.5 Å². The summed E-state index contributed by atoms with van der Waals surface area (Å²) in [4.78, 5) is 0. The number of nitrogens with zero attached hydrogens (tertiary/aromatic N) is 2. The van der Waals surface area contributed by atoms with Crippen molar-refractivity contribution in [2.45, 2.75) is 45.1 Å². The third-order valence-electron chi connectivity index (χ3n) is 4.19. The molecule has 26 heavy (non-hydrogen) atoms. The number of rotatable bonds is 7. The van der Waals surface area contributed by atoms with E-state index in [4.69, 9.17) is 21.1 Å². The second-order valence-electron chi connectivity index (χ2n) is 6.20. The summed E-state index contributed by atoms with van der Waals surface area (Å²) < 4.78 is 27.3. The zero-order valence-electron chi connectivity index (χ0n) is 14.7. The molecule has 1 unspecified atom stereocenters. The van der Waals surface area contributed by atoms with Crippen molar-refractivity contribution >= 4 is 24.0 Å². The first-order valence-electron chi connectivity index (χ1n) is 8.55. The van der Waals surface area contributed by atoms with Crippen LogP contribution in [0, 0.1) is 5.82 Å². The monoisotopic (exact) mass is 403 g/mol. The molecular weight excluding hydrogens is 380 g/mol. The van der Waals surface area contributed by atoms with E-state index in [-0.39, 0.29) is 30.9 Å². The second-order valence-corrected chi connectivity index (χ2v) is 6.64. The lowest BCUT2D eigenvalue weighted by atomic mass is 10.1. The van der Waals surface area contributed by atoms with Gasteiger partial charge in [0.25, 0.3) is 0 Å². The first-order chi connectivity index (χ1) is 12.2. The fourth-order valence-electron chi connectivity index (χ4n) is 2.91. The largest absolute Gasteiger partial charge is 0.473 e. The Morgan fingerprint density at radius 1 is 1.38 bits per heavy atom. The van der Waals surface area contributed by atoms with Crippen LogP contribution in [0.4, 0.5) is 4.39 Å². The molecule has 1 atom stereocenters. The van der Waals surface area contributed by atoms with Gasteiger partial charge in [0.1, 0.15) is 12.4 Å². The average Bonchev–Trinajstić information content (AvgIpc) is 2.98. The van der Waals surface area contributed by atoms with E-state index in [9.17, 15) is 4.39 Å². The standard InChI is InChI=1S/C18H23ClFN3O2.ClH/c1-21-10-15-9-18(23(22-15)11-16-4-2-3-7-24-16)25-12-13-8-14(19)5-6-17(13)20;/h5-6,8-9,16,21H,2-4,7,10-12H2,1H3;1H. The van der Waals surface area contributed by atoms with Crippen molar-refractivity contribution in [1.29, 1.82) is 0 Å². The highest BCUT2D eigenvalue weighted by molar-refractivity contribution is 6.30. The van der Waals surface area contributed by atoms with Crippen LogP contribution in [-0.2, 0) is 24.4 Å². The highest BCUT2D eigenvalue weighted by Crippen LogP contribution is 2.22. The summed E-state index contributed by atoms with van der Waals surface area (Å²) in [6, 6.07) is 6.33. The number of ether oxygens (including phenoxy) is 2. The first kappa shape index (κ1) is 21.0. The van der Waals surface area contributed by atoms with E-state index in [1.54, 1.807) is 6.07 Å². The molecule has 1 aromatic heterocycles. The molecule has 1 aromatic carbocycles. The summed E-state index contributed by atoms with van der Waals surface area (Å²) in [5.41, 5.74) is 1.30. The Morgan fingerprint density at radius 2 is 2.23 bits per heavy atom. The van der Waals surface area contributed by atoms with Crippen molar-refractivity contribution in [2.24, 2.45) is 0 Å². The highest BCUT2D eigenvalue weighted by atomic mass is 35.5. The molecule has 0 saturated carbocycles. The Hall–Kier alpha value is -1.34. The van der Waals surface area contributed by atoms with E-state index in [0.717, 1.165) is 25.1 Å². The van der Waals surface area contributed by atoms with E-state index < -0.39 is 0 Å². The molecule has 0 amide bonds. The highest BCUT2D eigenvalue weighted by Gasteiger charge is 2.18. The van der Waals surface area contributed by atoms with Gasteiger partial charge in [0.15, 0.2) is 0 Å². The van der Waals surface area contributed by atoms with Gasteiger partial charge in [0.2, 0.25) is 5.88 Å². The predicted molar refractivity (Wildman–Crippen MR) is 102 cm³/mol. The lowest BCUT2D eigenvalue weighted by molar-refractivity contribution is 0.00229. The van der Waals surface area contributed by atoms with Crippen molar-refractivity contribution in [3.8, 4) is 5.88 Å². The van der Waals surface area contributed by atoms with E-state index in [0.29, 0.717) is 29.6 Å². The SMILES string of the molecule is CNCc1cc(OCc2cc(Cl)ccc2F)n(CC2CCCCO2)n1.Cl. The lowest BCUT2D eigenvalue weighted by Crippen LogP contribution is -2.25. The van der Waals surface area contributed by atoms with Crippen LogP contribution >= 0.6 is 24.0 Å². The van der Waals surface area contributed by atoms with Gasteiger partial charge in [-0.15, -0.1) is 12.4 Å². The van der Waals surface area contributed by atoms with Crippen molar-refractivity contribution in [3.63, 3.8) is 0 Å². The molecule has 8 heteroatoms. The molecule has 0 radical (unpaired) electrons. The van der Waals surface area contributed by atoms with Gasteiger partial charge in [-0.3, -0.25) is 0 Å². The summed E-state index contributed by atoms with van der Waals surface area (Å²) >= 11 is 5.94. The summed E-state index contributed by atoms with van der Waals surface area (Å²) in [5.74, 6) is 0.278. The molecule has 1 aliphatic heterocycles. The summed E-state index contributed by atoms with van der Waals surface area (Å²) in [6.07, 6.45) is 3.43. The van der Waals surface area contributed by atoms with Gasteiger partial charge < -0.3 is 14.8 Å². The van der Waals surface area contributed by atoms with Gasteiger partial charge in [0.05, 0.1) is 18.3 Å². The third-order valence-corrected chi connectivity index (χ3v) is 4.42. The van der Waals surface area contributed by atoms with Gasteiger partial charge >= 0.3 is 0 Å². The minimum absolute atomic E-state index is 0. The van der Waals surface area contributed by atoms with Gasteiger partial charge in [0, 0.05) is 29.8 Å². The molecule has 2 heterocycles. The Bertz CT molecular complexity index is 706. The Morgan fingerprint density at radius 3 is 2.96 bits per heavy atom. The fraction of sp³-hybridized carbons (Fsp3) is 0.500. The van der Waals surface area contributed by atoms with Crippen LogP contribution in [0.3, 0.4) is 0 Å². The van der Waals surface area contributed by atoms with Crippen LogP contribution < -0.4 is 10.1 Å². The molecule has 2 aromatic rings. The van der Waals surface area contributed by atoms with E-state index >= 15 is 0 Å². The minimum Gasteiger partial charge on any atom is -0.473 e. The van der Waals surface area contributed by atoms with Crippen LogP contribution in [0.25, 0.3) is 0 Å². The molecule has 1 N–H and O–H groups in total. The summed E-state index contributed by atoms with van der Waals surface area (Å²) in [5, 5.41) is 8.14. The number of hydrogen-bond donors (Lipinski definition) is 1. The van der Waals surface area contributed by atoms with Gasteiger partial charge in [-0.25, -0.2) is 9.07 Å². The third kappa shape index (κ3) is 5.58. The maximum absolute atomic E-state index is 13.9. The number of nitrogens with one attached hydrogen (secondary N) is 1. The number of aromatic nitrogens is 2. The predicted octanol–water partition coefficient (Wildman–Crippen LogP) is 3.96. The van der Waals surface area contributed by atoms with E-state index in [1.807, 2.05) is 17.8 Å². The zero-order chi connectivity index (χ0) is 17.6. The van der Waals surface area contributed by atoms with Crippen LogP contribution in [0.2, 0.25) is 5.02 Å². The summed E-state index contributed by atoms with van der Waals surface area (Å²) in [6.45, 7) is 2.17. The average molecular weight is 404 g/mol. The minimum atomic E-state index is -0.332. The molecule has 3 rings (SSSR count). The number of benzene rings is 1. The molecule has 0 spiro atoms. The van der Waals surface area contributed by atoms with Gasteiger partial charge in [-0.1, -0.05) is 11.6 Å². The topological polar surface area (TPSA) is 48.3 Å². The Labute approximate surface area is 164 Å². The Kier molecular flexibility index (Phi) is 8.15. The normalized spacial score (nSPS) is 17.0. The second kappa shape index (κ2) is 10.1. The van der Waals surface area contributed by atoms with E-state index in [2.05, 4.69) is 10.4 Å². The lowest BCUT2D eigenvalue weighted by Gasteiger charge is -2.23. The van der Waals surface area contributed by atoms with Crippen molar-refractivity contribution < 1.29 is 13.9 Å². The molecule has 1 aliphatic rings. The number of halogens is 3. The van der Waals surface area contributed by atoms with Gasteiger partial charge in [-0.2, -0.15) is 5.10 Å². The van der Waals surface area contributed by atoms with Crippen LogP contribution in [-0.4, -0.2) is 29.5 Å². The van der Waals surface area contributed by atoms with Crippen molar-refractivity contribution in [2.75, 3.05) is 13.7 Å². The molecule has 0 bridgehead atoms. The molecule has 1 fully saturated rings. The van der Waals surface area contributed by atoms with E-state index in [1.165, 1.54) is 18.6 Å². The number of hydrogen-bond acceptors (Lipinski definition) is 4. The first-order valence-corrected chi connectivity index (χ1v) is 8.93. The molecule has 1 saturated heterocycles. The van der Waals surface area contributed by atoms with Crippen molar-refractivity contribution in [3.05, 3.63) is 46.4 Å². The van der Waals surface area contributed by atoms with Crippen LogP contribution in [0.15, 0.2) is 24.3 Å². The van der Waals surface area contributed by atoms with Crippen molar-refractivity contribution in [1.82, 2.24) is 15.1 Å². The zero-order valence-corrected chi connectivity index (χ0v) is 16.3. The maximum Gasteiger partial charge on any atom is 0.212 e. The van der Waals surface area contributed by atoms with Gasteiger partial charge in [-0.05, 0) is 44.5 Å². The Balaban J connectivity index is 0.00000243. The molecule has 5 nitrogen and oxygen atoms in total.